The molecule has 1 aromatic carbocycles. The fraction of sp³-hybridized carbons (Fsp3) is 0.538. The summed E-state index contributed by atoms with van der Waals surface area (Å²) < 4.78 is 11.8. The Hall–Kier alpha value is -0.461. The summed E-state index contributed by atoms with van der Waals surface area (Å²) in [5, 5.41) is 28.9. The summed E-state index contributed by atoms with van der Waals surface area (Å²) in [5.41, 5.74) is 0. The van der Waals surface area contributed by atoms with Crippen LogP contribution in [0.4, 0.5) is 0 Å². The third-order valence-corrected chi connectivity index (χ3v) is 5.54. The number of ether oxygens (including phenoxy) is 2. The predicted molar refractivity (Wildman–Crippen MR) is 70.4 cm³/mol. The van der Waals surface area contributed by atoms with Crippen molar-refractivity contribution in [2.75, 3.05) is 13.7 Å². The van der Waals surface area contributed by atoms with Gasteiger partial charge in [-0.2, -0.15) is 0 Å². The van der Waals surface area contributed by atoms with E-state index in [1.807, 2.05) is 30.3 Å². The maximum atomic E-state index is 10.2. The minimum absolute atomic E-state index is 0.120. The molecule has 3 N–H and O–H groups in total. The number of methoxy groups -OCH3 is 1. The molecule has 1 aromatic rings. The van der Waals surface area contributed by atoms with Crippen molar-refractivity contribution in [3.63, 3.8) is 0 Å². The standard InChI is InChI=1S/C13H18O5Se/c1-17-12-10(15)9(7-14)18-13(11(12)16)19-8-5-3-2-4-6-8/h2-6,9-16H,7H2,1H3/t9-,10-,11-,12+,13+/m1/s1. The third kappa shape index (κ3) is 3.35. The van der Waals surface area contributed by atoms with E-state index in [4.69, 9.17) is 9.47 Å². The summed E-state index contributed by atoms with van der Waals surface area (Å²) in [4.78, 5) is 0. The van der Waals surface area contributed by atoms with Gasteiger partial charge in [0, 0.05) is 0 Å². The van der Waals surface area contributed by atoms with E-state index < -0.39 is 29.4 Å². The Morgan fingerprint density at radius 3 is 2.47 bits per heavy atom. The van der Waals surface area contributed by atoms with Gasteiger partial charge in [-0.3, -0.25) is 0 Å². The molecule has 106 valence electrons. The average molecular weight is 333 g/mol. The molecule has 0 saturated carbocycles. The summed E-state index contributed by atoms with van der Waals surface area (Å²) in [6, 6.07) is 9.72. The Morgan fingerprint density at radius 2 is 1.89 bits per heavy atom. The van der Waals surface area contributed by atoms with Crippen LogP contribution < -0.4 is 4.46 Å². The van der Waals surface area contributed by atoms with Crippen molar-refractivity contribution in [2.24, 2.45) is 0 Å². The first-order valence-electron chi connectivity index (χ1n) is 6.04. The second-order valence-electron chi connectivity index (χ2n) is 4.34. The van der Waals surface area contributed by atoms with Gasteiger partial charge in [0.1, 0.15) is 0 Å². The van der Waals surface area contributed by atoms with Gasteiger partial charge in [-0.15, -0.1) is 0 Å². The molecule has 6 heteroatoms. The van der Waals surface area contributed by atoms with Gasteiger partial charge in [0.15, 0.2) is 0 Å². The van der Waals surface area contributed by atoms with Gasteiger partial charge in [-0.25, -0.2) is 0 Å². The van der Waals surface area contributed by atoms with Crippen LogP contribution in [0.3, 0.4) is 0 Å². The van der Waals surface area contributed by atoms with E-state index in [1.54, 1.807) is 0 Å². The molecule has 19 heavy (non-hydrogen) atoms. The summed E-state index contributed by atoms with van der Waals surface area (Å²) in [6.45, 7) is -0.297. The molecule has 5 atom stereocenters. The Morgan fingerprint density at radius 1 is 1.21 bits per heavy atom. The van der Waals surface area contributed by atoms with Crippen molar-refractivity contribution in [3.8, 4) is 0 Å². The van der Waals surface area contributed by atoms with Crippen molar-refractivity contribution in [1.29, 1.82) is 0 Å². The quantitative estimate of drug-likeness (QED) is 0.583. The zero-order chi connectivity index (χ0) is 13.8. The van der Waals surface area contributed by atoms with Crippen LogP contribution in [0, 0.1) is 0 Å². The molecule has 0 radical (unpaired) electrons. The Balaban J connectivity index is 2.11. The normalized spacial score (nSPS) is 35.3. The van der Waals surface area contributed by atoms with Crippen molar-refractivity contribution >= 4 is 19.4 Å². The minimum atomic E-state index is -1.02. The zero-order valence-corrected chi connectivity index (χ0v) is 12.3. The molecule has 0 aromatic heterocycles. The molecule has 0 amide bonds. The van der Waals surface area contributed by atoms with Gasteiger partial charge < -0.3 is 0 Å². The van der Waals surface area contributed by atoms with E-state index in [9.17, 15) is 15.3 Å². The molecule has 5 nitrogen and oxygen atoms in total. The first kappa shape index (κ1) is 14.9. The van der Waals surface area contributed by atoms with E-state index in [0.29, 0.717) is 0 Å². The third-order valence-electron chi connectivity index (χ3n) is 3.09. The van der Waals surface area contributed by atoms with Gasteiger partial charge in [0.2, 0.25) is 0 Å². The number of benzene rings is 1. The van der Waals surface area contributed by atoms with Crippen LogP contribution in [-0.4, -0.2) is 73.4 Å². The van der Waals surface area contributed by atoms with Crippen LogP contribution in [0.5, 0.6) is 0 Å². The van der Waals surface area contributed by atoms with E-state index in [-0.39, 0.29) is 21.6 Å². The molecule has 0 spiro atoms. The monoisotopic (exact) mass is 334 g/mol. The van der Waals surface area contributed by atoms with Crippen LogP contribution in [-0.2, 0) is 9.47 Å². The summed E-state index contributed by atoms with van der Waals surface area (Å²) in [6.07, 6.45) is -3.37. The van der Waals surface area contributed by atoms with E-state index in [2.05, 4.69) is 0 Å². The van der Waals surface area contributed by atoms with Gasteiger partial charge in [-0.05, 0) is 0 Å². The summed E-state index contributed by atoms with van der Waals surface area (Å²) in [5.74, 6) is 0. The van der Waals surface area contributed by atoms with Crippen LogP contribution in [0.25, 0.3) is 0 Å². The van der Waals surface area contributed by atoms with Crippen LogP contribution >= 0.6 is 0 Å². The van der Waals surface area contributed by atoms with Gasteiger partial charge in [-0.1, -0.05) is 0 Å². The van der Waals surface area contributed by atoms with Gasteiger partial charge in [0.25, 0.3) is 0 Å². The Kier molecular flexibility index (Phi) is 5.36. The first-order valence-corrected chi connectivity index (χ1v) is 7.89. The SMILES string of the molecule is CO[C@@H]1[C@@H](O)[C@H]([Se]c2ccccc2)O[C@H](CO)[C@H]1O. The molecule has 1 heterocycles. The first-order chi connectivity index (χ1) is 9.17. The number of hydrogen-bond donors (Lipinski definition) is 3. The molecule has 0 aliphatic carbocycles. The van der Waals surface area contributed by atoms with Gasteiger partial charge in [0.05, 0.1) is 0 Å². The maximum absolute atomic E-state index is 10.2. The second-order valence-corrected chi connectivity index (χ2v) is 6.80. The molecule has 1 aliphatic rings. The van der Waals surface area contributed by atoms with E-state index >= 15 is 0 Å². The van der Waals surface area contributed by atoms with Crippen molar-refractivity contribution < 1.29 is 24.8 Å². The van der Waals surface area contributed by atoms with E-state index in [0.717, 1.165) is 4.46 Å². The second kappa shape index (κ2) is 6.81. The van der Waals surface area contributed by atoms with Crippen molar-refractivity contribution in [3.05, 3.63) is 30.3 Å². The van der Waals surface area contributed by atoms with Crippen molar-refractivity contribution in [2.45, 2.75) is 29.4 Å². The predicted octanol–water partition coefficient (Wildman–Crippen LogP) is -1.53. The fourth-order valence-electron chi connectivity index (χ4n) is 2.06. The molecule has 1 fully saturated rings. The summed E-state index contributed by atoms with van der Waals surface area (Å²) >= 11 is -0.120. The Labute approximate surface area is 118 Å². The molecule has 1 aliphatic heterocycles. The Bertz CT molecular complexity index is 388. The number of aliphatic hydroxyl groups is 3. The molecule has 0 unspecified atom stereocenters. The molecular formula is C13H18O5Se. The van der Waals surface area contributed by atoms with Gasteiger partial charge >= 0.3 is 118 Å². The number of hydrogen-bond acceptors (Lipinski definition) is 5. The summed E-state index contributed by atoms with van der Waals surface area (Å²) in [7, 11) is 1.43. The van der Waals surface area contributed by atoms with Crippen LogP contribution in [0.2, 0.25) is 0 Å². The topological polar surface area (TPSA) is 79.2 Å². The van der Waals surface area contributed by atoms with Crippen molar-refractivity contribution in [1.82, 2.24) is 0 Å². The molecule has 2 rings (SSSR count). The number of aliphatic hydroxyl groups excluding tert-OH is 3. The van der Waals surface area contributed by atoms with Crippen LogP contribution in [0.1, 0.15) is 0 Å². The molecular weight excluding hydrogens is 315 g/mol. The fourth-order valence-corrected chi connectivity index (χ4v) is 4.32. The molecule has 1 saturated heterocycles. The van der Waals surface area contributed by atoms with Crippen LogP contribution in [0.15, 0.2) is 30.3 Å². The number of rotatable bonds is 4. The van der Waals surface area contributed by atoms with E-state index in [1.165, 1.54) is 7.11 Å². The molecule has 0 bridgehead atoms. The zero-order valence-electron chi connectivity index (χ0n) is 10.5. The average Bonchev–Trinajstić information content (AvgIpc) is 2.44.